The van der Waals surface area contributed by atoms with Crippen molar-refractivity contribution in [2.24, 2.45) is 11.5 Å². The van der Waals surface area contributed by atoms with Gasteiger partial charge < -0.3 is 26.4 Å². The largest absolute Gasteiger partial charge is 0.480 e. The van der Waals surface area contributed by atoms with Crippen LogP contribution in [0, 0.1) is 0 Å². The maximum absolute atomic E-state index is 10.1. The van der Waals surface area contributed by atoms with Gasteiger partial charge in [-0.2, -0.15) is 0 Å². The first-order valence-electron chi connectivity index (χ1n) is 6.54. The second-order valence-corrected chi connectivity index (χ2v) is 4.27. The Labute approximate surface area is 115 Å². The highest BCUT2D eigenvalue weighted by atomic mass is 16.4. The zero-order valence-electron chi connectivity index (χ0n) is 11.7. The number of nitrogens with zero attached hydrogens (tertiary/aromatic N) is 2. The van der Waals surface area contributed by atoms with Crippen LogP contribution >= 0.6 is 0 Å². The summed E-state index contributed by atoms with van der Waals surface area (Å²) in [5.41, 5.74) is 10.4. The monoisotopic (exact) mass is 270 g/mol. The highest BCUT2D eigenvalue weighted by Gasteiger charge is 2.09. The molecule has 1 atom stereocenters. The van der Waals surface area contributed by atoms with Crippen LogP contribution in [-0.4, -0.2) is 46.7 Å². The van der Waals surface area contributed by atoms with Gasteiger partial charge in [0.15, 0.2) is 0 Å². The third-order valence-corrected chi connectivity index (χ3v) is 2.74. The lowest BCUT2D eigenvalue weighted by molar-refractivity contribution is -0.138. The number of aliphatic carboxylic acids is 1. The van der Waals surface area contributed by atoms with Gasteiger partial charge in [-0.15, -0.1) is 0 Å². The molecule has 0 aromatic heterocycles. The van der Waals surface area contributed by atoms with Crippen molar-refractivity contribution < 1.29 is 9.90 Å². The van der Waals surface area contributed by atoms with Crippen LogP contribution in [0.2, 0.25) is 0 Å². The summed E-state index contributed by atoms with van der Waals surface area (Å²) >= 11 is 0. The fraction of sp³-hybridized carbons (Fsp3) is 0.615. The van der Waals surface area contributed by atoms with Crippen LogP contribution in [0.15, 0.2) is 25.2 Å². The molecule has 6 nitrogen and oxygen atoms in total. The summed E-state index contributed by atoms with van der Waals surface area (Å²) in [5.74, 6) is -0.933. The average molecular weight is 270 g/mol. The molecular weight excluding hydrogens is 244 g/mol. The molecule has 19 heavy (non-hydrogen) atoms. The Morgan fingerprint density at radius 3 is 2.58 bits per heavy atom. The van der Waals surface area contributed by atoms with Crippen molar-refractivity contribution in [3.8, 4) is 0 Å². The smallest absolute Gasteiger partial charge is 0.320 e. The summed E-state index contributed by atoms with van der Waals surface area (Å²) in [6.45, 7) is 8.43. The molecular formula is C13H26N4O2. The number of hydrogen-bond donors (Lipinski definition) is 3. The Balaban J connectivity index is 0.000000342. The van der Waals surface area contributed by atoms with Crippen molar-refractivity contribution in [1.29, 1.82) is 0 Å². The Bertz CT molecular complexity index is 294. The van der Waals surface area contributed by atoms with Gasteiger partial charge in [-0.05, 0) is 32.5 Å². The number of hydrogen-bond acceptors (Lipinski definition) is 5. The van der Waals surface area contributed by atoms with E-state index < -0.39 is 12.0 Å². The molecule has 0 saturated heterocycles. The van der Waals surface area contributed by atoms with Crippen molar-refractivity contribution in [3.63, 3.8) is 0 Å². The highest BCUT2D eigenvalue weighted by molar-refractivity contribution is 5.72. The molecule has 0 fully saturated rings. The molecule has 0 bridgehead atoms. The van der Waals surface area contributed by atoms with E-state index in [1.165, 1.54) is 0 Å². The average Bonchev–Trinajstić information content (AvgIpc) is 2.87. The van der Waals surface area contributed by atoms with Crippen LogP contribution in [0.3, 0.4) is 0 Å². The van der Waals surface area contributed by atoms with Gasteiger partial charge in [-0.1, -0.05) is 13.0 Å². The Kier molecular flexibility index (Phi) is 9.56. The van der Waals surface area contributed by atoms with Crippen LogP contribution in [0.4, 0.5) is 0 Å². The van der Waals surface area contributed by atoms with Gasteiger partial charge in [0.2, 0.25) is 0 Å². The number of carbonyl (C=O) groups is 1. The van der Waals surface area contributed by atoms with Gasteiger partial charge in [0, 0.05) is 18.9 Å². The maximum Gasteiger partial charge on any atom is 0.320 e. The molecule has 0 aromatic carbocycles. The van der Waals surface area contributed by atoms with E-state index in [1.54, 1.807) is 0 Å². The van der Waals surface area contributed by atoms with Crippen molar-refractivity contribution in [2.75, 3.05) is 19.8 Å². The van der Waals surface area contributed by atoms with Gasteiger partial charge in [0.05, 0.1) is 6.67 Å². The minimum absolute atomic E-state index is 0.520. The van der Waals surface area contributed by atoms with Gasteiger partial charge in [0.25, 0.3) is 0 Å². The van der Waals surface area contributed by atoms with Crippen molar-refractivity contribution in [3.05, 3.63) is 25.2 Å². The fourth-order valence-corrected chi connectivity index (χ4v) is 1.44. The summed E-state index contributed by atoms with van der Waals surface area (Å²) in [6, 6.07) is -0.716. The molecule has 0 radical (unpaired) electrons. The molecule has 0 aromatic rings. The third-order valence-electron chi connectivity index (χ3n) is 2.74. The van der Waals surface area contributed by atoms with Crippen molar-refractivity contribution in [2.45, 2.75) is 32.2 Å². The van der Waals surface area contributed by atoms with E-state index >= 15 is 0 Å². The Hall–Kier alpha value is -1.53. The van der Waals surface area contributed by atoms with E-state index in [9.17, 15) is 4.79 Å². The second kappa shape index (κ2) is 10.4. The second-order valence-electron chi connectivity index (χ2n) is 4.27. The van der Waals surface area contributed by atoms with Gasteiger partial charge in [-0.3, -0.25) is 4.79 Å². The minimum Gasteiger partial charge on any atom is -0.480 e. The summed E-state index contributed by atoms with van der Waals surface area (Å²) in [6.07, 6.45) is 8.09. The van der Waals surface area contributed by atoms with Crippen molar-refractivity contribution >= 4 is 5.97 Å². The summed E-state index contributed by atoms with van der Waals surface area (Å²) in [7, 11) is 0. The van der Waals surface area contributed by atoms with E-state index in [2.05, 4.69) is 24.6 Å². The van der Waals surface area contributed by atoms with Crippen molar-refractivity contribution in [1.82, 2.24) is 9.80 Å². The van der Waals surface area contributed by atoms with E-state index in [1.807, 2.05) is 17.3 Å². The molecule has 1 unspecified atom stereocenters. The lowest BCUT2D eigenvalue weighted by Crippen LogP contribution is -2.29. The topological polar surface area (TPSA) is 95.8 Å². The predicted molar refractivity (Wildman–Crippen MR) is 76.9 cm³/mol. The molecule has 1 aliphatic heterocycles. The van der Waals surface area contributed by atoms with Crippen LogP contribution in [0.25, 0.3) is 0 Å². The summed E-state index contributed by atoms with van der Waals surface area (Å²) < 4.78 is 0. The lowest BCUT2D eigenvalue weighted by Gasteiger charge is -2.15. The first-order valence-corrected chi connectivity index (χ1v) is 6.54. The molecule has 0 saturated carbocycles. The summed E-state index contributed by atoms with van der Waals surface area (Å²) in [4.78, 5) is 14.4. The van der Waals surface area contributed by atoms with Crippen LogP contribution < -0.4 is 11.5 Å². The van der Waals surface area contributed by atoms with Gasteiger partial charge in [-0.25, -0.2) is 0 Å². The molecule has 1 heterocycles. The first-order chi connectivity index (χ1) is 9.04. The van der Waals surface area contributed by atoms with Crippen LogP contribution in [-0.2, 0) is 4.79 Å². The fourth-order valence-electron chi connectivity index (χ4n) is 1.44. The van der Waals surface area contributed by atoms with E-state index in [4.69, 9.17) is 16.6 Å². The minimum atomic E-state index is -0.933. The number of rotatable bonds is 7. The van der Waals surface area contributed by atoms with E-state index in [0.29, 0.717) is 13.0 Å². The number of unbranched alkanes of at least 4 members (excludes halogenated alkanes) is 1. The number of nitrogens with two attached hydrogens (primary N) is 2. The predicted octanol–water partition coefficient (Wildman–Crippen LogP) is 0.723. The van der Waals surface area contributed by atoms with Crippen LogP contribution in [0.1, 0.15) is 26.2 Å². The lowest BCUT2D eigenvalue weighted by atomic mass is 10.1. The molecule has 0 spiro atoms. The van der Waals surface area contributed by atoms with E-state index in [-0.39, 0.29) is 0 Å². The highest BCUT2D eigenvalue weighted by Crippen LogP contribution is 2.04. The molecule has 5 N–H and O–H groups in total. The molecule has 0 amide bonds. The zero-order valence-corrected chi connectivity index (χ0v) is 11.7. The Morgan fingerprint density at radius 2 is 2.21 bits per heavy atom. The SMILES string of the molecule is C=CN1C=CN(CC)C1.NCCCCC(N)C(=O)O. The standard InChI is InChI=1S/C7H12N2.C6H14N2O2/c1-3-8-5-6-9(4-2)7-8;7-4-2-1-3-5(8)6(9)10/h3,5-6H,1,4,7H2,2H3;5H,1-4,7-8H2,(H,9,10). The molecule has 110 valence electrons. The molecule has 0 aliphatic carbocycles. The quantitative estimate of drug-likeness (QED) is 0.590. The number of carboxylic acid groups (broad SMARTS) is 1. The Morgan fingerprint density at radius 1 is 1.53 bits per heavy atom. The normalized spacial score (nSPS) is 14.9. The van der Waals surface area contributed by atoms with E-state index in [0.717, 1.165) is 26.1 Å². The number of carboxylic acids is 1. The summed E-state index contributed by atoms with van der Waals surface area (Å²) in [5, 5.41) is 8.33. The van der Waals surface area contributed by atoms with Crippen LogP contribution in [0.5, 0.6) is 0 Å². The molecule has 1 aliphatic rings. The molecule has 1 rings (SSSR count). The van der Waals surface area contributed by atoms with Gasteiger partial charge in [0.1, 0.15) is 6.04 Å². The zero-order chi connectivity index (χ0) is 14.7. The third kappa shape index (κ3) is 8.23. The maximum atomic E-state index is 10.1. The van der Waals surface area contributed by atoms with Gasteiger partial charge >= 0.3 is 5.97 Å². The first kappa shape index (κ1) is 17.5. The molecule has 6 heteroatoms.